The Hall–Kier alpha value is -3.15. The van der Waals surface area contributed by atoms with Crippen LogP contribution in [0.1, 0.15) is 38.5 Å². The first kappa shape index (κ1) is 19.8. The summed E-state index contributed by atoms with van der Waals surface area (Å²) >= 11 is 0. The van der Waals surface area contributed by atoms with Crippen molar-refractivity contribution in [1.29, 1.82) is 0 Å². The summed E-state index contributed by atoms with van der Waals surface area (Å²) in [5, 5.41) is 0. The van der Waals surface area contributed by atoms with Gasteiger partial charge in [0, 0.05) is 37.6 Å². The Labute approximate surface area is 184 Å². The number of rotatable bonds is 5. The molecule has 0 amide bonds. The van der Waals surface area contributed by atoms with E-state index < -0.39 is 0 Å². The molecule has 0 aliphatic carbocycles. The first-order valence-corrected chi connectivity index (χ1v) is 11.5. The highest BCUT2D eigenvalue weighted by Crippen LogP contribution is 2.34. The predicted octanol–water partition coefficient (Wildman–Crippen LogP) is 5.32. The molecular weight excluding hydrogens is 384 g/mol. The van der Waals surface area contributed by atoms with E-state index in [2.05, 4.69) is 63.2 Å². The van der Waals surface area contributed by atoms with Gasteiger partial charge >= 0.3 is 0 Å². The second kappa shape index (κ2) is 9.33. The van der Waals surface area contributed by atoms with Crippen molar-refractivity contribution >= 4 is 29.2 Å². The van der Waals surface area contributed by atoms with E-state index in [1.54, 1.807) is 0 Å². The van der Waals surface area contributed by atoms with Gasteiger partial charge in [0.2, 0.25) is 17.8 Å². The van der Waals surface area contributed by atoms with Gasteiger partial charge < -0.3 is 9.80 Å². The highest BCUT2D eigenvalue weighted by Gasteiger charge is 2.23. The van der Waals surface area contributed by atoms with Crippen LogP contribution in [0.25, 0.3) is 0 Å². The molecule has 2 aromatic carbocycles. The molecular formula is C25H30N6. The molecule has 1 aromatic heterocycles. The molecule has 0 spiro atoms. The zero-order chi connectivity index (χ0) is 20.9. The number of hydrogen-bond acceptors (Lipinski definition) is 6. The number of para-hydroxylation sites is 2. The van der Waals surface area contributed by atoms with Crippen molar-refractivity contribution in [1.82, 2.24) is 15.0 Å². The van der Waals surface area contributed by atoms with Crippen LogP contribution in [-0.2, 0) is 0 Å². The molecule has 2 saturated heterocycles. The van der Waals surface area contributed by atoms with Gasteiger partial charge in [0.05, 0.1) is 0 Å². The van der Waals surface area contributed by atoms with Crippen LogP contribution in [0.15, 0.2) is 60.7 Å². The average Bonchev–Trinajstić information content (AvgIpc) is 2.86. The number of nitrogens with zero attached hydrogens (tertiary/aromatic N) is 6. The van der Waals surface area contributed by atoms with Gasteiger partial charge in [-0.3, -0.25) is 4.90 Å². The molecule has 160 valence electrons. The second-order valence-electron chi connectivity index (χ2n) is 8.34. The average molecular weight is 415 g/mol. The standard InChI is InChI=1S/C25H30N6/c1-5-13-21(14-6-1)31(22-15-7-2-8-16-22)25-27-23(29-17-9-3-10-18-29)26-24(28-25)30-19-11-4-12-20-30/h1-2,5-8,13-16H,3-4,9-12,17-20H2. The van der Waals surface area contributed by atoms with Crippen molar-refractivity contribution in [2.75, 3.05) is 40.9 Å². The molecule has 0 atom stereocenters. The number of benzene rings is 2. The largest absolute Gasteiger partial charge is 0.341 e. The molecule has 0 radical (unpaired) electrons. The topological polar surface area (TPSA) is 48.4 Å². The maximum Gasteiger partial charge on any atom is 0.241 e. The van der Waals surface area contributed by atoms with Crippen LogP contribution >= 0.6 is 0 Å². The lowest BCUT2D eigenvalue weighted by atomic mass is 10.1. The normalized spacial score (nSPS) is 16.9. The quantitative estimate of drug-likeness (QED) is 0.563. The summed E-state index contributed by atoms with van der Waals surface area (Å²) in [5.74, 6) is 2.30. The summed E-state index contributed by atoms with van der Waals surface area (Å²) in [6.07, 6.45) is 7.35. The molecule has 0 saturated carbocycles. The van der Waals surface area contributed by atoms with E-state index in [9.17, 15) is 0 Å². The first-order chi connectivity index (χ1) is 15.4. The Bertz CT molecular complexity index is 890. The maximum absolute atomic E-state index is 5.01. The van der Waals surface area contributed by atoms with E-state index in [-0.39, 0.29) is 0 Å². The van der Waals surface area contributed by atoms with E-state index in [4.69, 9.17) is 15.0 Å². The molecule has 0 bridgehead atoms. The van der Waals surface area contributed by atoms with E-state index in [0.29, 0.717) is 5.95 Å². The van der Waals surface area contributed by atoms with E-state index in [1.807, 2.05) is 12.1 Å². The smallest absolute Gasteiger partial charge is 0.241 e. The van der Waals surface area contributed by atoms with Crippen molar-refractivity contribution in [3.63, 3.8) is 0 Å². The Morgan fingerprint density at radius 3 is 1.35 bits per heavy atom. The molecule has 2 aliphatic heterocycles. The summed E-state index contributed by atoms with van der Waals surface area (Å²) in [6, 6.07) is 20.8. The van der Waals surface area contributed by atoms with Gasteiger partial charge in [-0.05, 0) is 62.8 Å². The summed E-state index contributed by atoms with van der Waals surface area (Å²) in [5.41, 5.74) is 2.10. The Balaban J connectivity index is 1.62. The lowest BCUT2D eigenvalue weighted by molar-refractivity contribution is 0.556. The minimum absolute atomic E-state index is 0.688. The van der Waals surface area contributed by atoms with Gasteiger partial charge in [-0.1, -0.05) is 36.4 Å². The maximum atomic E-state index is 5.01. The molecule has 0 unspecified atom stereocenters. The van der Waals surface area contributed by atoms with Crippen molar-refractivity contribution in [2.24, 2.45) is 0 Å². The highest BCUT2D eigenvalue weighted by atomic mass is 15.4. The summed E-state index contributed by atoms with van der Waals surface area (Å²) < 4.78 is 0. The van der Waals surface area contributed by atoms with Crippen LogP contribution in [0.2, 0.25) is 0 Å². The molecule has 3 aromatic rings. The van der Waals surface area contributed by atoms with Gasteiger partial charge in [0.25, 0.3) is 0 Å². The first-order valence-electron chi connectivity index (χ1n) is 11.5. The summed E-state index contributed by atoms with van der Waals surface area (Å²) in [6.45, 7) is 4.05. The third-order valence-corrected chi connectivity index (χ3v) is 6.11. The van der Waals surface area contributed by atoms with Gasteiger partial charge in [-0.25, -0.2) is 0 Å². The second-order valence-corrected chi connectivity index (χ2v) is 8.34. The fourth-order valence-electron chi connectivity index (χ4n) is 4.45. The molecule has 6 nitrogen and oxygen atoms in total. The minimum atomic E-state index is 0.688. The molecule has 3 heterocycles. The number of hydrogen-bond donors (Lipinski definition) is 0. The monoisotopic (exact) mass is 414 g/mol. The van der Waals surface area contributed by atoms with Crippen LogP contribution < -0.4 is 14.7 Å². The molecule has 2 fully saturated rings. The van der Waals surface area contributed by atoms with Crippen LogP contribution in [0.5, 0.6) is 0 Å². The molecule has 6 heteroatoms. The fraction of sp³-hybridized carbons (Fsp3) is 0.400. The number of anilines is 5. The lowest BCUT2D eigenvalue weighted by Gasteiger charge is -2.31. The lowest BCUT2D eigenvalue weighted by Crippen LogP contribution is -2.35. The molecule has 2 aliphatic rings. The van der Waals surface area contributed by atoms with Crippen molar-refractivity contribution in [3.8, 4) is 0 Å². The van der Waals surface area contributed by atoms with Crippen molar-refractivity contribution in [2.45, 2.75) is 38.5 Å². The van der Waals surface area contributed by atoms with E-state index in [1.165, 1.54) is 38.5 Å². The zero-order valence-corrected chi connectivity index (χ0v) is 18.0. The predicted molar refractivity (Wildman–Crippen MR) is 127 cm³/mol. The molecule has 5 rings (SSSR count). The van der Waals surface area contributed by atoms with E-state index in [0.717, 1.165) is 49.5 Å². The SMILES string of the molecule is c1ccc(N(c2ccccc2)c2nc(N3CCCCC3)nc(N3CCCCC3)n2)cc1. The Morgan fingerprint density at radius 1 is 0.516 bits per heavy atom. The highest BCUT2D eigenvalue weighted by molar-refractivity contribution is 5.73. The van der Waals surface area contributed by atoms with Gasteiger partial charge in [-0.15, -0.1) is 0 Å². The van der Waals surface area contributed by atoms with Gasteiger partial charge in [0.1, 0.15) is 0 Å². The number of piperidine rings is 2. The molecule has 0 N–H and O–H groups in total. The third kappa shape index (κ3) is 4.48. The van der Waals surface area contributed by atoms with Gasteiger partial charge in [0.15, 0.2) is 0 Å². The minimum Gasteiger partial charge on any atom is -0.341 e. The number of aromatic nitrogens is 3. The Kier molecular flexibility index (Phi) is 5.96. The zero-order valence-electron chi connectivity index (χ0n) is 18.0. The van der Waals surface area contributed by atoms with Gasteiger partial charge in [-0.2, -0.15) is 15.0 Å². The fourth-order valence-corrected chi connectivity index (χ4v) is 4.45. The van der Waals surface area contributed by atoms with Crippen LogP contribution in [-0.4, -0.2) is 41.1 Å². The third-order valence-electron chi connectivity index (χ3n) is 6.11. The van der Waals surface area contributed by atoms with E-state index >= 15 is 0 Å². The van der Waals surface area contributed by atoms with Crippen LogP contribution in [0, 0.1) is 0 Å². The Morgan fingerprint density at radius 2 is 0.935 bits per heavy atom. The van der Waals surface area contributed by atoms with Crippen molar-refractivity contribution in [3.05, 3.63) is 60.7 Å². The summed E-state index contributed by atoms with van der Waals surface area (Å²) in [4.78, 5) is 21.8. The van der Waals surface area contributed by atoms with Crippen molar-refractivity contribution < 1.29 is 0 Å². The van der Waals surface area contributed by atoms with Crippen LogP contribution in [0.4, 0.5) is 29.2 Å². The molecule has 31 heavy (non-hydrogen) atoms. The summed E-state index contributed by atoms with van der Waals surface area (Å²) in [7, 11) is 0. The van der Waals surface area contributed by atoms with Crippen LogP contribution in [0.3, 0.4) is 0 Å².